The van der Waals surface area contributed by atoms with E-state index < -0.39 is 25.1 Å². The summed E-state index contributed by atoms with van der Waals surface area (Å²) in [6, 6.07) is 13.7. The summed E-state index contributed by atoms with van der Waals surface area (Å²) < 4.78 is 18.6. The van der Waals surface area contributed by atoms with Crippen molar-refractivity contribution in [1.82, 2.24) is 9.88 Å². The summed E-state index contributed by atoms with van der Waals surface area (Å²) in [7, 11) is -1.47. The van der Waals surface area contributed by atoms with Gasteiger partial charge in [0, 0.05) is 39.8 Å². The van der Waals surface area contributed by atoms with Crippen LogP contribution in [-0.2, 0) is 16.4 Å². The van der Waals surface area contributed by atoms with Crippen LogP contribution in [0.5, 0.6) is 11.5 Å². The number of benzene rings is 2. The van der Waals surface area contributed by atoms with Crippen molar-refractivity contribution >= 4 is 23.7 Å². The number of aromatic nitrogens is 1. The Hall–Kier alpha value is -2.74. The molecule has 0 amide bonds. The molecule has 0 saturated carbocycles. The van der Waals surface area contributed by atoms with E-state index in [2.05, 4.69) is 35.1 Å². The Morgan fingerprint density at radius 2 is 1.97 bits per heavy atom. The highest BCUT2D eigenvalue weighted by molar-refractivity contribution is 7.67. The number of aliphatic hydroxyl groups is 1. The molecule has 35 heavy (non-hydrogen) atoms. The molecule has 9 heteroatoms. The standard InChI is InChI=1S/C17H22N3O4P.C9H7N/c1-20-5-4-17-9-2-3-11(21)16(17)24-15-12(22)7-13(25(18,19)23)8(14(15)17)6-10(9)20;1-2-6-9-8(4-1)5-3-7-10-9/h2-3,7,9-11,16,21-22H,4-6H2,1H3,(H4,18,19,23);1-7H/t9-,10+,11-,16-,17-;/m0./s1. The zero-order valence-electron chi connectivity index (χ0n) is 19.4. The maximum absolute atomic E-state index is 12.5. The average Bonchev–Trinajstić information content (AvgIpc) is 3.19. The molecule has 7 rings (SSSR count). The number of likely N-dealkylation sites (N-methyl/N-ethyl adjacent to an activating group) is 1. The number of ether oxygens (including phenoxy) is 1. The van der Waals surface area contributed by atoms with Crippen LogP contribution >= 0.6 is 7.44 Å². The number of rotatable bonds is 1. The molecule has 1 aromatic heterocycles. The van der Waals surface area contributed by atoms with Crippen LogP contribution in [-0.4, -0.2) is 51.9 Å². The summed E-state index contributed by atoms with van der Waals surface area (Å²) in [4.78, 5) is 6.48. The van der Waals surface area contributed by atoms with E-state index in [9.17, 15) is 14.8 Å². The summed E-state index contributed by atoms with van der Waals surface area (Å²) >= 11 is 0. The Kier molecular flexibility index (Phi) is 5.11. The van der Waals surface area contributed by atoms with E-state index in [0.29, 0.717) is 17.5 Å². The Morgan fingerprint density at radius 3 is 2.74 bits per heavy atom. The summed E-state index contributed by atoms with van der Waals surface area (Å²) in [5.74, 6) is 0.461. The number of phenolic OH excluding ortho intramolecular Hbond substituents is 1. The SMILES string of the molecule is CN1CC[C@]23c4c5c(P(N)(N)=O)cc(O)c4O[C@H]2[C@@H](O)C=C[C@H]3[C@H]1C5.c1ccc2ncccc2c1. The van der Waals surface area contributed by atoms with Gasteiger partial charge in [-0.15, -0.1) is 0 Å². The molecule has 8 nitrogen and oxygen atoms in total. The highest BCUT2D eigenvalue weighted by Crippen LogP contribution is 2.62. The molecule has 2 aliphatic heterocycles. The van der Waals surface area contributed by atoms with E-state index in [4.69, 9.17) is 15.7 Å². The van der Waals surface area contributed by atoms with Crippen molar-refractivity contribution in [3.63, 3.8) is 0 Å². The van der Waals surface area contributed by atoms with Crippen LogP contribution in [0.4, 0.5) is 0 Å². The normalized spacial score (nSPS) is 30.3. The Bertz CT molecular complexity index is 1340. The molecule has 5 atom stereocenters. The van der Waals surface area contributed by atoms with Gasteiger partial charge in [0.1, 0.15) is 12.2 Å². The molecule has 0 unspecified atom stereocenters. The lowest BCUT2D eigenvalue weighted by molar-refractivity contribution is -0.0452. The Morgan fingerprint density at radius 1 is 1.20 bits per heavy atom. The first-order valence-corrected chi connectivity index (χ1v) is 13.7. The first-order valence-electron chi connectivity index (χ1n) is 11.8. The van der Waals surface area contributed by atoms with Crippen LogP contribution in [0, 0.1) is 5.92 Å². The van der Waals surface area contributed by atoms with Crippen molar-refractivity contribution in [1.29, 1.82) is 0 Å². The number of hydrogen-bond acceptors (Lipinski definition) is 6. The largest absolute Gasteiger partial charge is 0.504 e. The minimum absolute atomic E-state index is 0.100. The highest BCUT2D eigenvalue weighted by atomic mass is 31.2. The van der Waals surface area contributed by atoms with E-state index in [-0.39, 0.29) is 17.7 Å². The predicted octanol–water partition coefficient (Wildman–Crippen LogP) is 2.17. The molecule has 1 saturated heterocycles. The minimum atomic E-state index is -3.55. The van der Waals surface area contributed by atoms with Gasteiger partial charge in [-0.2, -0.15) is 0 Å². The van der Waals surface area contributed by atoms with Crippen molar-refractivity contribution < 1.29 is 19.5 Å². The molecule has 2 bridgehead atoms. The number of nitrogens with two attached hydrogens (primary N) is 2. The Balaban J connectivity index is 0.000000191. The number of pyridine rings is 1. The third kappa shape index (κ3) is 3.29. The molecule has 3 aromatic rings. The summed E-state index contributed by atoms with van der Waals surface area (Å²) in [5, 5.41) is 22.6. The van der Waals surface area contributed by atoms with Crippen molar-refractivity contribution in [2.45, 2.75) is 36.5 Å². The monoisotopic (exact) mass is 492 g/mol. The molecule has 0 radical (unpaired) electrons. The number of para-hydroxylation sites is 1. The van der Waals surface area contributed by atoms with Gasteiger partial charge in [0.2, 0.25) is 7.44 Å². The van der Waals surface area contributed by atoms with Gasteiger partial charge in [0.25, 0.3) is 0 Å². The smallest absolute Gasteiger partial charge is 0.235 e. The molecular formula is C26H29N4O4P. The third-order valence-corrected chi connectivity index (χ3v) is 9.30. The first kappa shape index (κ1) is 22.7. The van der Waals surface area contributed by atoms with Crippen LogP contribution in [0.15, 0.2) is 60.8 Å². The van der Waals surface area contributed by atoms with Crippen LogP contribution in [0.25, 0.3) is 10.9 Å². The lowest BCUT2D eigenvalue weighted by atomic mass is 9.53. The van der Waals surface area contributed by atoms with Gasteiger partial charge < -0.3 is 19.8 Å². The third-order valence-electron chi connectivity index (χ3n) is 8.14. The zero-order valence-corrected chi connectivity index (χ0v) is 20.3. The first-order chi connectivity index (χ1) is 16.7. The maximum Gasteiger partial charge on any atom is 0.235 e. The fourth-order valence-electron chi connectivity index (χ4n) is 6.63. The number of aromatic hydroxyl groups is 1. The molecule has 6 N–H and O–H groups in total. The number of phenols is 1. The van der Waals surface area contributed by atoms with Crippen molar-refractivity contribution in [3.8, 4) is 11.5 Å². The fourth-order valence-corrected chi connectivity index (χ4v) is 7.58. The summed E-state index contributed by atoms with van der Waals surface area (Å²) in [6.07, 6.45) is 5.92. The minimum Gasteiger partial charge on any atom is -0.504 e. The van der Waals surface area contributed by atoms with Gasteiger partial charge in [-0.3, -0.25) is 20.6 Å². The van der Waals surface area contributed by atoms with E-state index in [0.717, 1.165) is 29.6 Å². The lowest BCUT2D eigenvalue weighted by Crippen LogP contribution is -2.65. The van der Waals surface area contributed by atoms with Crippen molar-refractivity contribution in [2.75, 3.05) is 13.6 Å². The topological polar surface area (TPSA) is 135 Å². The van der Waals surface area contributed by atoms with Crippen LogP contribution < -0.4 is 21.0 Å². The molecule has 182 valence electrons. The lowest BCUT2D eigenvalue weighted by Gasteiger charge is -2.56. The maximum atomic E-state index is 12.5. The van der Waals surface area contributed by atoms with Gasteiger partial charge >= 0.3 is 0 Å². The number of likely N-dealkylation sites (tertiary alicyclic amines) is 1. The Labute approximate surface area is 203 Å². The molecular weight excluding hydrogens is 463 g/mol. The second-order valence-electron chi connectivity index (χ2n) is 9.99. The molecule has 2 aliphatic carbocycles. The molecule has 1 spiro atoms. The highest BCUT2D eigenvalue weighted by Gasteiger charge is 2.64. The molecule has 1 fully saturated rings. The number of nitrogens with zero attached hydrogens (tertiary/aromatic N) is 2. The quantitative estimate of drug-likeness (QED) is 0.300. The van der Waals surface area contributed by atoms with Gasteiger partial charge in [-0.1, -0.05) is 36.4 Å². The number of hydrogen-bond donors (Lipinski definition) is 4. The van der Waals surface area contributed by atoms with Crippen LogP contribution in [0.3, 0.4) is 0 Å². The van der Waals surface area contributed by atoms with E-state index in [1.54, 1.807) is 6.08 Å². The van der Waals surface area contributed by atoms with Crippen molar-refractivity contribution in [3.05, 3.63) is 71.9 Å². The molecule has 4 aliphatic rings. The van der Waals surface area contributed by atoms with Gasteiger partial charge in [-0.05, 0) is 50.2 Å². The second-order valence-corrected chi connectivity index (χ2v) is 11.9. The van der Waals surface area contributed by atoms with E-state index >= 15 is 0 Å². The fraction of sp³-hybridized carbons (Fsp3) is 0.346. The summed E-state index contributed by atoms with van der Waals surface area (Å²) in [5.41, 5.74) is 13.9. The average molecular weight is 493 g/mol. The molecule has 2 aromatic carbocycles. The van der Waals surface area contributed by atoms with E-state index in [1.165, 1.54) is 11.5 Å². The van der Waals surface area contributed by atoms with Crippen LogP contribution in [0.2, 0.25) is 0 Å². The summed E-state index contributed by atoms with van der Waals surface area (Å²) in [6.45, 7) is 0.869. The second kappa shape index (κ2) is 7.88. The van der Waals surface area contributed by atoms with E-state index in [1.807, 2.05) is 30.5 Å². The van der Waals surface area contributed by atoms with Gasteiger partial charge in [-0.25, -0.2) is 0 Å². The zero-order chi connectivity index (χ0) is 24.5. The number of fused-ring (bicyclic) bond motifs is 1. The van der Waals surface area contributed by atoms with Gasteiger partial charge in [0.05, 0.1) is 5.52 Å². The van der Waals surface area contributed by atoms with Gasteiger partial charge in [0.15, 0.2) is 11.5 Å². The van der Waals surface area contributed by atoms with Crippen LogP contribution in [0.1, 0.15) is 17.5 Å². The molecule has 3 heterocycles. The van der Waals surface area contributed by atoms with Crippen molar-refractivity contribution in [2.24, 2.45) is 16.9 Å². The number of aliphatic hydroxyl groups excluding tert-OH is 1. The predicted molar refractivity (Wildman–Crippen MR) is 135 cm³/mol. The number of piperidine rings is 1.